The van der Waals surface area contributed by atoms with Crippen LogP contribution in [0.15, 0.2) is 54.4 Å². The van der Waals surface area contributed by atoms with E-state index in [1.54, 1.807) is 38.4 Å². The van der Waals surface area contributed by atoms with Crippen molar-refractivity contribution in [2.45, 2.75) is 26.1 Å². The molecule has 0 radical (unpaired) electrons. The van der Waals surface area contributed by atoms with Crippen molar-refractivity contribution in [3.05, 3.63) is 59.9 Å². The Kier molecular flexibility index (Phi) is 4.16. The molecule has 0 unspecified atom stereocenters. The molecular formula is C19H17NO4. The van der Waals surface area contributed by atoms with Gasteiger partial charge in [0.15, 0.2) is 0 Å². The molecule has 0 atom stereocenters. The standard InChI is InChI=1S/C19H17NO4/c1-3-19(2)23-17(21)16(18(22)24-19)10-6-8-14-12-20-11-13-7-4-5-9-15(13)14/h4-12H,3H2,1-2H3. The van der Waals surface area contributed by atoms with Crippen LogP contribution in [-0.2, 0) is 19.1 Å². The number of ether oxygens (including phenoxy) is 2. The number of pyridine rings is 1. The van der Waals surface area contributed by atoms with Gasteiger partial charge in [-0.3, -0.25) is 4.98 Å². The van der Waals surface area contributed by atoms with E-state index in [0.29, 0.717) is 6.42 Å². The molecule has 0 spiro atoms. The van der Waals surface area contributed by atoms with Gasteiger partial charge >= 0.3 is 11.9 Å². The Balaban J connectivity index is 1.86. The minimum Gasteiger partial charge on any atom is -0.419 e. The molecule has 5 nitrogen and oxygen atoms in total. The smallest absolute Gasteiger partial charge is 0.348 e. The number of cyclic esters (lactones) is 2. The van der Waals surface area contributed by atoms with E-state index in [0.717, 1.165) is 16.3 Å². The lowest BCUT2D eigenvalue weighted by Crippen LogP contribution is -2.43. The van der Waals surface area contributed by atoms with Crippen molar-refractivity contribution in [1.82, 2.24) is 4.98 Å². The summed E-state index contributed by atoms with van der Waals surface area (Å²) >= 11 is 0. The van der Waals surface area contributed by atoms with E-state index >= 15 is 0 Å². The first-order valence-corrected chi connectivity index (χ1v) is 7.70. The minimum absolute atomic E-state index is 0.120. The molecule has 2 heterocycles. The summed E-state index contributed by atoms with van der Waals surface area (Å²) in [5.74, 6) is -2.53. The first-order chi connectivity index (χ1) is 11.5. The van der Waals surface area contributed by atoms with Crippen LogP contribution >= 0.6 is 0 Å². The molecule has 122 valence electrons. The molecule has 2 aromatic rings. The zero-order valence-electron chi connectivity index (χ0n) is 13.5. The van der Waals surface area contributed by atoms with Crippen molar-refractivity contribution in [2.75, 3.05) is 0 Å². The average Bonchev–Trinajstić information content (AvgIpc) is 2.57. The van der Waals surface area contributed by atoms with E-state index in [-0.39, 0.29) is 5.57 Å². The fraction of sp³-hybridized carbons (Fsp3) is 0.211. The van der Waals surface area contributed by atoms with Crippen molar-refractivity contribution in [3.63, 3.8) is 0 Å². The van der Waals surface area contributed by atoms with Gasteiger partial charge in [-0.1, -0.05) is 43.3 Å². The Morgan fingerprint density at radius 1 is 1.12 bits per heavy atom. The monoisotopic (exact) mass is 323 g/mol. The number of aromatic nitrogens is 1. The second kappa shape index (κ2) is 6.28. The maximum atomic E-state index is 12.0. The molecule has 1 aliphatic heterocycles. The van der Waals surface area contributed by atoms with Crippen molar-refractivity contribution in [2.24, 2.45) is 0 Å². The van der Waals surface area contributed by atoms with Crippen molar-refractivity contribution in [3.8, 4) is 0 Å². The summed E-state index contributed by atoms with van der Waals surface area (Å²) in [4.78, 5) is 28.2. The maximum Gasteiger partial charge on any atom is 0.348 e. The van der Waals surface area contributed by atoms with Crippen LogP contribution in [0.1, 0.15) is 25.8 Å². The first kappa shape index (κ1) is 15.9. The average molecular weight is 323 g/mol. The molecule has 5 heteroatoms. The molecular weight excluding hydrogens is 306 g/mol. The lowest BCUT2D eigenvalue weighted by atomic mass is 10.1. The number of allylic oxidation sites excluding steroid dienone is 2. The second-order valence-corrected chi connectivity index (χ2v) is 5.66. The largest absolute Gasteiger partial charge is 0.419 e. The third-order valence-corrected chi connectivity index (χ3v) is 3.94. The number of benzene rings is 1. The zero-order valence-corrected chi connectivity index (χ0v) is 13.5. The number of carbonyl (C=O) groups excluding carboxylic acids is 2. The van der Waals surface area contributed by atoms with Gasteiger partial charge in [-0.2, -0.15) is 0 Å². The topological polar surface area (TPSA) is 65.5 Å². The lowest BCUT2D eigenvalue weighted by molar-refractivity contribution is -0.229. The quantitative estimate of drug-likeness (QED) is 0.492. The molecule has 1 aromatic heterocycles. The molecule has 0 saturated carbocycles. The Hall–Kier alpha value is -2.95. The highest BCUT2D eigenvalue weighted by Gasteiger charge is 2.40. The van der Waals surface area contributed by atoms with Crippen LogP contribution in [0.4, 0.5) is 0 Å². The zero-order chi connectivity index (χ0) is 17.2. The number of hydrogen-bond acceptors (Lipinski definition) is 5. The normalized spacial score (nSPS) is 21.0. The highest BCUT2D eigenvalue weighted by molar-refractivity contribution is 6.15. The first-order valence-electron chi connectivity index (χ1n) is 7.70. The fourth-order valence-electron chi connectivity index (χ4n) is 2.41. The van der Waals surface area contributed by atoms with Crippen LogP contribution in [0.25, 0.3) is 16.8 Å². The Morgan fingerprint density at radius 3 is 2.54 bits per heavy atom. The third-order valence-electron chi connectivity index (χ3n) is 3.94. The molecule has 0 N–H and O–H groups in total. The van der Waals surface area contributed by atoms with Gasteiger partial charge in [0.25, 0.3) is 5.79 Å². The molecule has 24 heavy (non-hydrogen) atoms. The van der Waals surface area contributed by atoms with Gasteiger partial charge in [-0.05, 0) is 11.5 Å². The Bertz CT molecular complexity index is 841. The van der Waals surface area contributed by atoms with Crippen LogP contribution in [-0.4, -0.2) is 22.7 Å². The van der Waals surface area contributed by atoms with E-state index in [2.05, 4.69) is 4.98 Å². The number of fused-ring (bicyclic) bond motifs is 1. The van der Waals surface area contributed by atoms with E-state index in [1.807, 2.05) is 24.3 Å². The molecule has 0 bridgehead atoms. The summed E-state index contributed by atoms with van der Waals surface area (Å²) in [6.45, 7) is 3.35. The van der Waals surface area contributed by atoms with Gasteiger partial charge < -0.3 is 9.47 Å². The second-order valence-electron chi connectivity index (χ2n) is 5.66. The maximum absolute atomic E-state index is 12.0. The summed E-state index contributed by atoms with van der Waals surface area (Å²) < 4.78 is 10.4. The number of hydrogen-bond donors (Lipinski definition) is 0. The minimum atomic E-state index is -1.19. The van der Waals surface area contributed by atoms with Gasteiger partial charge in [0.2, 0.25) is 0 Å². The molecule has 1 aliphatic rings. The van der Waals surface area contributed by atoms with Gasteiger partial charge in [-0.25, -0.2) is 9.59 Å². The summed E-state index contributed by atoms with van der Waals surface area (Å²) in [5.41, 5.74) is 0.770. The van der Waals surface area contributed by atoms with Crippen LogP contribution < -0.4 is 0 Å². The summed E-state index contributed by atoms with van der Waals surface area (Å²) in [5, 5.41) is 2.05. The molecule has 0 amide bonds. The molecule has 3 rings (SSSR count). The molecule has 1 aromatic carbocycles. The van der Waals surface area contributed by atoms with E-state index < -0.39 is 17.7 Å². The Labute approximate surface area is 139 Å². The van der Waals surface area contributed by atoms with E-state index in [9.17, 15) is 9.59 Å². The van der Waals surface area contributed by atoms with Crippen LogP contribution in [0, 0.1) is 0 Å². The number of carbonyl (C=O) groups is 2. The van der Waals surface area contributed by atoms with Crippen molar-refractivity contribution < 1.29 is 19.1 Å². The number of esters is 2. The number of rotatable bonds is 3. The predicted molar refractivity (Wildman–Crippen MR) is 89.7 cm³/mol. The van der Waals surface area contributed by atoms with Gasteiger partial charge in [-0.15, -0.1) is 0 Å². The van der Waals surface area contributed by atoms with Gasteiger partial charge in [0.05, 0.1) is 0 Å². The van der Waals surface area contributed by atoms with Gasteiger partial charge in [0, 0.05) is 36.7 Å². The van der Waals surface area contributed by atoms with E-state index in [4.69, 9.17) is 9.47 Å². The van der Waals surface area contributed by atoms with Crippen LogP contribution in [0.3, 0.4) is 0 Å². The SMILES string of the molecule is CCC1(C)OC(=O)C(=CC=Cc2cncc3ccccc23)C(=O)O1. The third kappa shape index (κ3) is 3.06. The number of nitrogens with zero attached hydrogens (tertiary/aromatic N) is 1. The summed E-state index contributed by atoms with van der Waals surface area (Å²) in [6.07, 6.45) is 8.72. The van der Waals surface area contributed by atoms with Gasteiger partial charge in [0.1, 0.15) is 5.57 Å². The summed E-state index contributed by atoms with van der Waals surface area (Å²) in [6, 6.07) is 7.84. The lowest BCUT2D eigenvalue weighted by Gasteiger charge is -2.32. The van der Waals surface area contributed by atoms with E-state index in [1.165, 1.54) is 6.08 Å². The van der Waals surface area contributed by atoms with Crippen molar-refractivity contribution in [1.29, 1.82) is 0 Å². The van der Waals surface area contributed by atoms with Crippen molar-refractivity contribution >= 4 is 28.8 Å². The molecule has 0 aliphatic carbocycles. The Morgan fingerprint density at radius 2 is 1.83 bits per heavy atom. The summed E-state index contributed by atoms with van der Waals surface area (Å²) in [7, 11) is 0. The highest BCUT2D eigenvalue weighted by atomic mass is 16.7. The fourth-order valence-corrected chi connectivity index (χ4v) is 2.41. The molecule has 1 saturated heterocycles. The highest BCUT2D eigenvalue weighted by Crippen LogP contribution is 2.26. The predicted octanol–water partition coefficient (Wildman–Crippen LogP) is 3.40. The molecule has 1 fully saturated rings. The van der Waals surface area contributed by atoms with Crippen LogP contribution in [0.5, 0.6) is 0 Å². The van der Waals surface area contributed by atoms with Crippen LogP contribution in [0.2, 0.25) is 0 Å².